The Bertz CT molecular complexity index is 1370. The summed E-state index contributed by atoms with van der Waals surface area (Å²) in [6.45, 7) is 3.87. The lowest BCUT2D eigenvalue weighted by atomic mass is 10.1. The zero-order chi connectivity index (χ0) is 20.2. The fourth-order valence-electron chi connectivity index (χ4n) is 3.25. The number of amides is 1. The van der Waals surface area contributed by atoms with Gasteiger partial charge in [-0.05, 0) is 26.0 Å². The number of benzene rings is 1. The first-order valence-electron chi connectivity index (χ1n) is 8.70. The molecule has 0 aliphatic heterocycles. The first kappa shape index (κ1) is 17.8. The predicted molar refractivity (Wildman–Crippen MR) is 103 cm³/mol. The Morgan fingerprint density at radius 1 is 1.21 bits per heavy atom. The Labute approximate surface area is 158 Å². The number of imidazole rings is 1. The van der Waals surface area contributed by atoms with E-state index in [2.05, 4.69) is 15.3 Å². The second kappa shape index (κ2) is 6.22. The fraction of sp³-hybridized carbons (Fsp3) is 0.263. The van der Waals surface area contributed by atoms with Gasteiger partial charge in [-0.3, -0.25) is 18.7 Å². The quantitative estimate of drug-likeness (QED) is 0.554. The molecule has 4 aromatic rings. The SMILES string of the molecule is Cc1ccc2oc(C(=O)NCc3nc4c([nH]3)c(=O)n(C)c(=O)n4C)c(C)c2c1. The molecule has 2 N–H and O–H groups in total. The van der Waals surface area contributed by atoms with Crippen LogP contribution >= 0.6 is 0 Å². The van der Waals surface area contributed by atoms with Gasteiger partial charge in [-0.2, -0.15) is 0 Å². The van der Waals surface area contributed by atoms with Crippen molar-refractivity contribution in [2.24, 2.45) is 14.1 Å². The summed E-state index contributed by atoms with van der Waals surface area (Å²) in [5, 5.41) is 3.63. The Hall–Kier alpha value is -3.62. The molecule has 0 bridgehead atoms. The van der Waals surface area contributed by atoms with E-state index in [1.807, 2.05) is 32.0 Å². The van der Waals surface area contributed by atoms with Gasteiger partial charge in [-0.1, -0.05) is 11.6 Å². The number of rotatable bonds is 3. The van der Waals surface area contributed by atoms with Gasteiger partial charge in [-0.25, -0.2) is 9.78 Å². The number of nitrogens with one attached hydrogen (secondary N) is 2. The number of aromatic amines is 1. The van der Waals surface area contributed by atoms with Crippen LogP contribution in [0.15, 0.2) is 32.2 Å². The molecule has 0 radical (unpaired) electrons. The number of H-pyrrole nitrogens is 1. The molecule has 0 aliphatic carbocycles. The van der Waals surface area contributed by atoms with E-state index in [0.717, 1.165) is 21.1 Å². The fourth-order valence-corrected chi connectivity index (χ4v) is 3.25. The summed E-state index contributed by atoms with van der Waals surface area (Å²) in [5.41, 5.74) is 2.02. The van der Waals surface area contributed by atoms with Gasteiger partial charge in [0.1, 0.15) is 16.9 Å². The maximum atomic E-state index is 12.6. The second-order valence-electron chi connectivity index (χ2n) is 6.83. The molecule has 9 nitrogen and oxygen atoms in total. The summed E-state index contributed by atoms with van der Waals surface area (Å²) in [6.07, 6.45) is 0. The van der Waals surface area contributed by atoms with Crippen LogP contribution in [0.1, 0.15) is 27.5 Å². The highest BCUT2D eigenvalue weighted by Gasteiger charge is 2.19. The molecule has 3 aromatic heterocycles. The standard InChI is InChI=1S/C19H19N5O4/c1-9-5-6-12-11(7-9)10(2)15(28-12)17(25)20-8-13-21-14-16(22-13)23(3)19(27)24(4)18(14)26/h5-7H,8H2,1-4H3,(H,20,25)(H,21,22). The highest BCUT2D eigenvalue weighted by atomic mass is 16.3. The third kappa shape index (κ3) is 2.63. The minimum absolute atomic E-state index is 0.0559. The van der Waals surface area contributed by atoms with Crippen molar-refractivity contribution in [2.75, 3.05) is 0 Å². The summed E-state index contributed by atoms with van der Waals surface area (Å²) in [7, 11) is 2.94. The third-order valence-corrected chi connectivity index (χ3v) is 4.86. The first-order chi connectivity index (χ1) is 13.3. The smallest absolute Gasteiger partial charge is 0.332 e. The Balaban J connectivity index is 1.63. The van der Waals surface area contributed by atoms with Gasteiger partial charge < -0.3 is 14.7 Å². The minimum atomic E-state index is -0.466. The van der Waals surface area contributed by atoms with Crippen LogP contribution in [0.4, 0.5) is 0 Å². The summed E-state index contributed by atoms with van der Waals surface area (Å²) in [5.74, 6) is 0.222. The van der Waals surface area contributed by atoms with Crippen molar-refractivity contribution in [2.45, 2.75) is 20.4 Å². The molecule has 9 heteroatoms. The van der Waals surface area contributed by atoms with Gasteiger partial charge in [0.2, 0.25) is 0 Å². The van der Waals surface area contributed by atoms with E-state index in [1.165, 1.54) is 18.7 Å². The summed E-state index contributed by atoms with van der Waals surface area (Å²) in [6, 6.07) is 5.73. The molecule has 0 aliphatic rings. The number of carbonyl (C=O) groups excluding carboxylic acids is 1. The molecule has 3 heterocycles. The maximum Gasteiger partial charge on any atom is 0.332 e. The molecule has 1 amide bonds. The Kier molecular flexibility index (Phi) is 3.95. The van der Waals surface area contributed by atoms with Crippen LogP contribution in [0.25, 0.3) is 22.1 Å². The van der Waals surface area contributed by atoms with E-state index in [1.54, 1.807) is 0 Å². The van der Waals surface area contributed by atoms with Gasteiger partial charge in [0.15, 0.2) is 11.4 Å². The topological polar surface area (TPSA) is 115 Å². The zero-order valence-corrected chi connectivity index (χ0v) is 15.9. The molecule has 28 heavy (non-hydrogen) atoms. The van der Waals surface area contributed by atoms with Crippen LogP contribution in [-0.4, -0.2) is 25.0 Å². The molecule has 0 saturated carbocycles. The average Bonchev–Trinajstić information content (AvgIpc) is 3.25. The number of hydrogen-bond donors (Lipinski definition) is 2. The highest BCUT2D eigenvalue weighted by molar-refractivity contribution is 5.99. The lowest BCUT2D eigenvalue weighted by molar-refractivity contribution is 0.0923. The van der Waals surface area contributed by atoms with E-state index in [4.69, 9.17) is 4.42 Å². The van der Waals surface area contributed by atoms with Gasteiger partial charge in [-0.15, -0.1) is 0 Å². The molecule has 1 aromatic carbocycles. The van der Waals surface area contributed by atoms with Crippen LogP contribution in [0.3, 0.4) is 0 Å². The van der Waals surface area contributed by atoms with E-state index in [9.17, 15) is 14.4 Å². The number of fused-ring (bicyclic) bond motifs is 2. The van der Waals surface area contributed by atoms with Crippen LogP contribution in [0.5, 0.6) is 0 Å². The molecule has 144 valence electrons. The van der Waals surface area contributed by atoms with Crippen molar-refractivity contribution in [1.29, 1.82) is 0 Å². The van der Waals surface area contributed by atoms with Crippen molar-refractivity contribution in [3.63, 3.8) is 0 Å². The van der Waals surface area contributed by atoms with Crippen LogP contribution in [0, 0.1) is 13.8 Å². The van der Waals surface area contributed by atoms with Gasteiger partial charge >= 0.3 is 5.69 Å². The van der Waals surface area contributed by atoms with E-state index in [-0.39, 0.29) is 29.4 Å². The maximum absolute atomic E-state index is 12.6. The van der Waals surface area contributed by atoms with E-state index >= 15 is 0 Å². The van der Waals surface area contributed by atoms with Crippen LogP contribution < -0.4 is 16.6 Å². The summed E-state index contributed by atoms with van der Waals surface area (Å²) in [4.78, 5) is 44.0. The molecule has 0 unspecified atom stereocenters. The number of aryl methyl sites for hydroxylation is 3. The van der Waals surface area contributed by atoms with Crippen molar-refractivity contribution in [3.8, 4) is 0 Å². The number of nitrogens with zero attached hydrogens (tertiary/aromatic N) is 3. The van der Waals surface area contributed by atoms with Crippen molar-refractivity contribution in [1.82, 2.24) is 24.4 Å². The number of carbonyl (C=O) groups is 1. The van der Waals surface area contributed by atoms with Gasteiger partial charge in [0.25, 0.3) is 11.5 Å². The van der Waals surface area contributed by atoms with E-state index in [0.29, 0.717) is 11.4 Å². The molecule has 0 atom stereocenters. The van der Waals surface area contributed by atoms with Crippen LogP contribution in [0.2, 0.25) is 0 Å². The van der Waals surface area contributed by atoms with Crippen molar-refractivity contribution >= 4 is 28.0 Å². The van der Waals surface area contributed by atoms with Crippen LogP contribution in [-0.2, 0) is 20.6 Å². The number of aromatic nitrogens is 4. The number of furan rings is 1. The normalized spacial score (nSPS) is 11.4. The monoisotopic (exact) mass is 381 g/mol. The predicted octanol–water partition coefficient (Wildman–Crippen LogP) is 1.25. The Morgan fingerprint density at radius 2 is 1.96 bits per heavy atom. The second-order valence-corrected chi connectivity index (χ2v) is 6.83. The molecular formula is C19H19N5O4. The third-order valence-electron chi connectivity index (χ3n) is 4.86. The van der Waals surface area contributed by atoms with Crippen molar-refractivity contribution in [3.05, 3.63) is 61.7 Å². The lowest BCUT2D eigenvalue weighted by Gasteiger charge is -2.01. The van der Waals surface area contributed by atoms with Crippen molar-refractivity contribution < 1.29 is 9.21 Å². The molecule has 4 rings (SSSR count). The zero-order valence-electron chi connectivity index (χ0n) is 15.9. The average molecular weight is 381 g/mol. The molecule has 0 fully saturated rings. The van der Waals surface area contributed by atoms with Gasteiger partial charge in [0, 0.05) is 25.0 Å². The largest absolute Gasteiger partial charge is 0.451 e. The Morgan fingerprint density at radius 3 is 2.71 bits per heavy atom. The first-order valence-corrected chi connectivity index (χ1v) is 8.70. The van der Waals surface area contributed by atoms with Gasteiger partial charge in [0.05, 0.1) is 6.54 Å². The summed E-state index contributed by atoms with van der Waals surface area (Å²) >= 11 is 0. The molecular weight excluding hydrogens is 362 g/mol. The number of hydrogen-bond acceptors (Lipinski definition) is 5. The lowest BCUT2D eigenvalue weighted by Crippen LogP contribution is -2.36. The molecule has 0 spiro atoms. The van der Waals surface area contributed by atoms with E-state index < -0.39 is 11.2 Å². The minimum Gasteiger partial charge on any atom is -0.451 e. The highest BCUT2D eigenvalue weighted by Crippen LogP contribution is 2.26. The summed E-state index contributed by atoms with van der Waals surface area (Å²) < 4.78 is 7.98. The molecule has 0 saturated heterocycles.